The maximum atomic E-state index is 2.28. The zero-order valence-electron chi connectivity index (χ0n) is 7.58. The Labute approximate surface area is 83.0 Å². The first kappa shape index (κ1) is 11.9. The molecule has 2 heteroatoms. The van der Waals surface area contributed by atoms with Gasteiger partial charge in [-0.3, -0.25) is 0 Å². The Morgan fingerprint density at radius 2 is 1.75 bits per heavy atom. The van der Waals surface area contributed by atoms with Crippen molar-refractivity contribution in [3.8, 4) is 0 Å². The Kier molecular flexibility index (Phi) is 6.42. The molecule has 0 nitrogen and oxygen atoms in total. The van der Waals surface area contributed by atoms with Crippen molar-refractivity contribution in [2.45, 2.75) is 25.7 Å². The third-order valence-corrected chi connectivity index (χ3v) is 2.99. The van der Waals surface area contributed by atoms with Crippen molar-refractivity contribution in [3.05, 3.63) is 35.9 Å². The lowest BCUT2D eigenvalue weighted by molar-refractivity contribution is 1.09. The molecule has 12 heavy (non-hydrogen) atoms. The molecule has 1 atom stereocenters. The fourth-order valence-corrected chi connectivity index (χ4v) is 1.80. The number of halogens is 1. The Balaban J connectivity index is 0.00000121. The van der Waals surface area contributed by atoms with Gasteiger partial charge in [-0.2, -0.15) is 0 Å². The molecule has 1 aromatic rings. The normalized spacial score (nSPS) is 10.6. The lowest BCUT2D eigenvalue weighted by Crippen LogP contribution is -1.84. The largest absolute Gasteiger partial charge is 0.147 e. The molecule has 0 N–H and O–H groups in total. The molecular weight excluding hydrogens is 187 g/mol. The summed E-state index contributed by atoms with van der Waals surface area (Å²) in [4.78, 5) is 0. The van der Waals surface area contributed by atoms with Gasteiger partial charge >= 0.3 is 0 Å². The number of hydrogen-bond acceptors (Lipinski definition) is 0. The summed E-state index contributed by atoms with van der Waals surface area (Å²) >= 11 is 0. The zero-order valence-corrected chi connectivity index (χ0v) is 9.40. The second-order valence-electron chi connectivity index (χ2n) is 3.02. The molecule has 1 rings (SSSR count). The van der Waals surface area contributed by atoms with Crippen LogP contribution in [0.5, 0.6) is 0 Å². The zero-order chi connectivity index (χ0) is 8.10. The van der Waals surface area contributed by atoms with Crippen molar-refractivity contribution in [2.75, 3.05) is 0 Å². The van der Waals surface area contributed by atoms with Gasteiger partial charge in [-0.1, -0.05) is 44.2 Å². The molecule has 0 amide bonds. The molecule has 1 aromatic carbocycles. The van der Waals surface area contributed by atoms with E-state index < -0.39 is 0 Å². The molecule has 0 aliphatic carbocycles. The third kappa shape index (κ3) is 4.74. The van der Waals surface area contributed by atoms with Crippen molar-refractivity contribution in [2.24, 2.45) is 0 Å². The molecule has 0 saturated heterocycles. The summed E-state index contributed by atoms with van der Waals surface area (Å²) in [5, 5.41) is 0. The average Bonchev–Trinajstić information content (AvgIpc) is 2.03. The first-order valence-corrected chi connectivity index (χ1v) is 5.35. The molecule has 0 heterocycles. The number of benzene rings is 1. The molecule has 0 saturated carbocycles. The van der Waals surface area contributed by atoms with E-state index in [1.165, 1.54) is 11.7 Å². The third-order valence-electron chi connectivity index (χ3n) is 1.56. The second kappa shape index (κ2) is 6.46. The molecule has 0 aromatic heterocycles. The van der Waals surface area contributed by atoms with Crippen LogP contribution in [0.4, 0.5) is 0 Å². The van der Waals surface area contributed by atoms with E-state index in [0.717, 1.165) is 14.2 Å². The van der Waals surface area contributed by atoms with Gasteiger partial charge < -0.3 is 0 Å². The van der Waals surface area contributed by atoms with E-state index in [2.05, 4.69) is 44.2 Å². The van der Waals surface area contributed by atoms with Gasteiger partial charge in [0.1, 0.15) is 0 Å². The van der Waals surface area contributed by atoms with Gasteiger partial charge in [0.2, 0.25) is 0 Å². The van der Waals surface area contributed by atoms with Gasteiger partial charge in [-0.05, 0) is 17.4 Å². The van der Waals surface area contributed by atoms with Crippen molar-refractivity contribution in [1.82, 2.24) is 0 Å². The van der Waals surface area contributed by atoms with Crippen molar-refractivity contribution in [1.29, 1.82) is 0 Å². The Bertz CT molecular complexity index is 196. The van der Waals surface area contributed by atoms with E-state index in [-0.39, 0.29) is 12.4 Å². The highest BCUT2D eigenvalue weighted by Crippen LogP contribution is 2.23. The first-order valence-electron chi connectivity index (χ1n) is 4.06. The lowest BCUT2D eigenvalue weighted by Gasteiger charge is -2.03. The topological polar surface area (TPSA) is 0 Å². The summed E-state index contributed by atoms with van der Waals surface area (Å²) in [5.74, 6) is 0. The minimum absolute atomic E-state index is 0. The van der Waals surface area contributed by atoms with Crippen LogP contribution < -0.4 is 0 Å². The summed E-state index contributed by atoms with van der Waals surface area (Å²) in [6.45, 7) is 4.56. The molecule has 0 aliphatic rings. The summed E-state index contributed by atoms with van der Waals surface area (Å²) in [7, 11) is 1.07. The van der Waals surface area contributed by atoms with E-state index in [9.17, 15) is 0 Å². The maximum absolute atomic E-state index is 2.28. The quantitative estimate of drug-likeness (QED) is 0.656. The van der Waals surface area contributed by atoms with Crippen molar-refractivity contribution in [3.63, 3.8) is 0 Å². The highest BCUT2D eigenvalue weighted by molar-refractivity contribution is 7.37. The van der Waals surface area contributed by atoms with Crippen molar-refractivity contribution >= 4 is 21.0 Å². The van der Waals surface area contributed by atoms with Gasteiger partial charge in [0, 0.05) is 0 Å². The lowest BCUT2D eigenvalue weighted by atomic mass is 10.2. The SMILES string of the molecule is CC(C)PCc1ccccc1.Cl. The molecule has 0 fully saturated rings. The van der Waals surface area contributed by atoms with Crippen LogP contribution in [0.25, 0.3) is 0 Å². The summed E-state index contributed by atoms with van der Waals surface area (Å²) in [5.41, 5.74) is 2.31. The maximum Gasteiger partial charge on any atom is -0.00983 e. The Morgan fingerprint density at radius 3 is 2.25 bits per heavy atom. The molecule has 68 valence electrons. The summed E-state index contributed by atoms with van der Waals surface area (Å²) in [6.07, 6.45) is 1.25. The highest BCUT2D eigenvalue weighted by atomic mass is 35.5. The summed E-state index contributed by atoms with van der Waals surface area (Å²) < 4.78 is 0. The average molecular weight is 203 g/mol. The molecular formula is C10H16ClP. The van der Waals surface area contributed by atoms with Crippen LogP contribution >= 0.6 is 21.0 Å². The van der Waals surface area contributed by atoms with Gasteiger partial charge in [-0.25, -0.2) is 0 Å². The van der Waals surface area contributed by atoms with Crippen LogP contribution in [0.1, 0.15) is 19.4 Å². The van der Waals surface area contributed by atoms with Gasteiger partial charge in [-0.15, -0.1) is 21.0 Å². The smallest absolute Gasteiger partial charge is 0.00983 e. The minimum Gasteiger partial charge on any atom is -0.147 e. The van der Waals surface area contributed by atoms with E-state index >= 15 is 0 Å². The Hall–Kier alpha value is -0.0600. The van der Waals surface area contributed by atoms with E-state index in [4.69, 9.17) is 0 Å². The minimum atomic E-state index is 0. The standard InChI is InChI=1S/C10H15P.ClH/c1-9(2)11-8-10-6-4-3-5-7-10;/h3-7,9,11H,8H2,1-2H3;1H. The fraction of sp³-hybridized carbons (Fsp3) is 0.400. The number of hydrogen-bond donors (Lipinski definition) is 0. The molecule has 0 radical (unpaired) electrons. The van der Waals surface area contributed by atoms with Crippen LogP contribution in [0.15, 0.2) is 30.3 Å². The molecule has 0 bridgehead atoms. The van der Waals surface area contributed by atoms with Crippen LogP contribution in [-0.4, -0.2) is 5.66 Å². The van der Waals surface area contributed by atoms with Gasteiger partial charge in [0.15, 0.2) is 0 Å². The van der Waals surface area contributed by atoms with E-state index in [1.54, 1.807) is 0 Å². The van der Waals surface area contributed by atoms with Crippen molar-refractivity contribution < 1.29 is 0 Å². The van der Waals surface area contributed by atoms with Crippen LogP contribution in [0, 0.1) is 0 Å². The van der Waals surface area contributed by atoms with Gasteiger partial charge in [0.25, 0.3) is 0 Å². The second-order valence-corrected chi connectivity index (χ2v) is 4.94. The highest BCUT2D eigenvalue weighted by Gasteiger charge is 1.93. The Morgan fingerprint density at radius 1 is 1.17 bits per heavy atom. The predicted molar refractivity (Wildman–Crippen MR) is 60.8 cm³/mol. The fourth-order valence-electron chi connectivity index (χ4n) is 0.918. The van der Waals surface area contributed by atoms with Crippen LogP contribution in [0.2, 0.25) is 0 Å². The monoisotopic (exact) mass is 202 g/mol. The number of rotatable bonds is 3. The summed E-state index contributed by atoms with van der Waals surface area (Å²) in [6, 6.07) is 10.7. The van der Waals surface area contributed by atoms with Crippen LogP contribution in [-0.2, 0) is 6.16 Å². The van der Waals surface area contributed by atoms with E-state index in [1.807, 2.05) is 0 Å². The predicted octanol–water partition coefficient (Wildman–Crippen LogP) is 3.70. The van der Waals surface area contributed by atoms with Crippen LogP contribution in [0.3, 0.4) is 0 Å². The molecule has 0 aliphatic heterocycles. The van der Waals surface area contributed by atoms with Gasteiger partial charge in [0.05, 0.1) is 0 Å². The first-order chi connectivity index (χ1) is 5.29. The molecule has 1 unspecified atom stereocenters. The van der Waals surface area contributed by atoms with E-state index in [0.29, 0.717) is 0 Å². The molecule has 0 spiro atoms.